The minimum Gasteiger partial charge on any atom is -0.496 e. The maximum atomic E-state index is 5.89. The summed E-state index contributed by atoms with van der Waals surface area (Å²) in [4.78, 5) is 0. The predicted molar refractivity (Wildman–Crippen MR) is 67.4 cm³/mol. The summed E-state index contributed by atoms with van der Waals surface area (Å²) in [5.41, 5.74) is 8.56. The van der Waals surface area contributed by atoms with Gasteiger partial charge in [-0.05, 0) is 31.7 Å². The molecule has 2 N–H and O–H groups in total. The Bertz CT molecular complexity index is 374. The van der Waals surface area contributed by atoms with Gasteiger partial charge in [-0.25, -0.2) is 0 Å². The van der Waals surface area contributed by atoms with E-state index >= 15 is 0 Å². The highest BCUT2D eigenvalue weighted by Crippen LogP contribution is 2.27. The van der Waals surface area contributed by atoms with Crippen molar-refractivity contribution in [2.75, 3.05) is 7.11 Å². The summed E-state index contributed by atoms with van der Waals surface area (Å²) in [6.45, 7) is 0. The monoisotopic (exact) mass is 217 g/mol. The van der Waals surface area contributed by atoms with Gasteiger partial charge in [0.25, 0.3) is 0 Å². The molecule has 1 saturated carbocycles. The smallest absolute Gasteiger partial charge is 0.126 e. The Kier molecular flexibility index (Phi) is 3.62. The maximum Gasteiger partial charge on any atom is 0.126 e. The average molecular weight is 217 g/mol. The number of ether oxygens (including phenoxy) is 1. The number of hydrogen-bond acceptors (Lipinski definition) is 2. The van der Waals surface area contributed by atoms with E-state index in [-0.39, 0.29) is 0 Å². The number of para-hydroxylation sites is 1. The van der Waals surface area contributed by atoms with Gasteiger partial charge in [0.05, 0.1) is 7.11 Å². The van der Waals surface area contributed by atoms with Crippen molar-refractivity contribution in [2.45, 2.75) is 31.7 Å². The predicted octanol–water partition coefficient (Wildman–Crippen LogP) is 2.98. The first-order chi connectivity index (χ1) is 7.79. The number of benzene rings is 1. The highest BCUT2D eigenvalue weighted by Gasteiger charge is 2.12. The molecule has 0 heterocycles. The highest BCUT2D eigenvalue weighted by molar-refractivity contribution is 5.59. The quantitative estimate of drug-likeness (QED) is 0.826. The second kappa shape index (κ2) is 5.17. The number of hydrogen-bond donors (Lipinski definition) is 1. The Balaban J connectivity index is 2.16. The van der Waals surface area contributed by atoms with Gasteiger partial charge < -0.3 is 10.5 Å². The molecule has 86 valence electrons. The molecule has 0 bridgehead atoms. The molecule has 0 aromatic heterocycles. The summed E-state index contributed by atoms with van der Waals surface area (Å²) >= 11 is 0. The average Bonchev–Trinajstić information content (AvgIpc) is 2.33. The van der Waals surface area contributed by atoms with Crippen LogP contribution in [0.2, 0.25) is 0 Å². The van der Waals surface area contributed by atoms with Gasteiger partial charge >= 0.3 is 0 Å². The lowest BCUT2D eigenvalue weighted by Crippen LogP contribution is -2.23. The molecule has 2 rings (SSSR count). The van der Waals surface area contributed by atoms with Gasteiger partial charge in [0.2, 0.25) is 0 Å². The summed E-state index contributed by atoms with van der Waals surface area (Å²) in [6.07, 6.45) is 6.73. The van der Waals surface area contributed by atoms with Crippen LogP contribution in [0.15, 0.2) is 29.8 Å². The molecule has 0 unspecified atom stereocenters. The lowest BCUT2D eigenvalue weighted by atomic mass is 9.90. The zero-order chi connectivity index (χ0) is 11.4. The van der Waals surface area contributed by atoms with E-state index in [9.17, 15) is 0 Å². The van der Waals surface area contributed by atoms with Gasteiger partial charge in [-0.2, -0.15) is 0 Å². The van der Waals surface area contributed by atoms with Crippen LogP contribution in [-0.2, 0) is 0 Å². The summed E-state index contributed by atoms with van der Waals surface area (Å²) in [6, 6.07) is 8.54. The van der Waals surface area contributed by atoms with Crippen LogP contribution in [-0.4, -0.2) is 13.2 Å². The molecule has 16 heavy (non-hydrogen) atoms. The SMILES string of the molecule is COc1ccccc1C=C1CCC(N)CC1. The van der Waals surface area contributed by atoms with Crippen molar-refractivity contribution < 1.29 is 4.74 Å². The van der Waals surface area contributed by atoms with Gasteiger partial charge in [-0.1, -0.05) is 29.8 Å². The van der Waals surface area contributed by atoms with Crippen molar-refractivity contribution in [2.24, 2.45) is 5.73 Å². The van der Waals surface area contributed by atoms with E-state index in [0.29, 0.717) is 6.04 Å². The molecule has 1 aliphatic rings. The van der Waals surface area contributed by atoms with E-state index in [1.807, 2.05) is 18.2 Å². The molecule has 2 nitrogen and oxygen atoms in total. The van der Waals surface area contributed by atoms with Crippen LogP contribution in [0.5, 0.6) is 5.75 Å². The van der Waals surface area contributed by atoms with Crippen molar-refractivity contribution in [3.63, 3.8) is 0 Å². The fourth-order valence-electron chi connectivity index (χ4n) is 2.16. The fourth-order valence-corrected chi connectivity index (χ4v) is 2.16. The van der Waals surface area contributed by atoms with Gasteiger partial charge in [0.15, 0.2) is 0 Å². The minimum absolute atomic E-state index is 0.398. The van der Waals surface area contributed by atoms with Gasteiger partial charge in [0, 0.05) is 11.6 Å². The second-order valence-electron chi connectivity index (χ2n) is 4.38. The summed E-state index contributed by atoms with van der Waals surface area (Å²) in [7, 11) is 1.72. The third-order valence-corrected chi connectivity index (χ3v) is 3.17. The second-order valence-corrected chi connectivity index (χ2v) is 4.38. The van der Waals surface area contributed by atoms with Crippen molar-refractivity contribution in [3.8, 4) is 5.75 Å². The lowest BCUT2D eigenvalue weighted by molar-refractivity contribution is 0.413. The van der Waals surface area contributed by atoms with E-state index in [1.165, 1.54) is 11.1 Å². The zero-order valence-electron chi connectivity index (χ0n) is 9.78. The van der Waals surface area contributed by atoms with E-state index in [2.05, 4.69) is 12.1 Å². The van der Waals surface area contributed by atoms with Gasteiger partial charge in [-0.3, -0.25) is 0 Å². The van der Waals surface area contributed by atoms with Crippen LogP contribution in [0.25, 0.3) is 6.08 Å². The van der Waals surface area contributed by atoms with Gasteiger partial charge in [-0.15, -0.1) is 0 Å². The number of allylic oxidation sites excluding steroid dienone is 1. The molecule has 0 amide bonds. The van der Waals surface area contributed by atoms with Crippen LogP contribution < -0.4 is 10.5 Å². The number of rotatable bonds is 2. The lowest BCUT2D eigenvalue weighted by Gasteiger charge is -2.20. The van der Waals surface area contributed by atoms with Crippen LogP contribution >= 0.6 is 0 Å². The topological polar surface area (TPSA) is 35.2 Å². The molecular formula is C14H19NO. The van der Waals surface area contributed by atoms with E-state index in [1.54, 1.807) is 7.11 Å². The zero-order valence-corrected chi connectivity index (χ0v) is 9.78. The molecule has 0 aliphatic heterocycles. The highest BCUT2D eigenvalue weighted by atomic mass is 16.5. The standard InChI is InChI=1S/C14H19NO/c1-16-14-5-3-2-4-12(14)10-11-6-8-13(15)9-7-11/h2-5,10,13H,6-9,15H2,1H3. The molecule has 2 heteroatoms. The molecule has 1 fully saturated rings. The normalized spacial score (nSPS) is 20.6. The molecule has 0 radical (unpaired) electrons. The molecule has 0 spiro atoms. The Hall–Kier alpha value is -1.28. The first kappa shape index (κ1) is 11.2. The first-order valence-electron chi connectivity index (χ1n) is 5.87. The largest absolute Gasteiger partial charge is 0.496 e. The molecule has 1 aromatic carbocycles. The van der Waals surface area contributed by atoms with Crippen LogP contribution in [0, 0.1) is 0 Å². The summed E-state index contributed by atoms with van der Waals surface area (Å²) < 4.78 is 5.34. The van der Waals surface area contributed by atoms with Crippen molar-refractivity contribution in [3.05, 3.63) is 35.4 Å². The molecule has 1 aliphatic carbocycles. The summed E-state index contributed by atoms with van der Waals surface area (Å²) in [5, 5.41) is 0. The fraction of sp³-hybridized carbons (Fsp3) is 0.429. The Labute approximate surface area is 97.1 Å². The van der Waals surface area contributed by atoms with Crippen molar-refractivity contribution in [1.82, 2.24) is 0 Å². The van der Waals surface area contributed by atoms with Gasteiger partial charge in [0.1, 0.15) is 5.75 Å². The van der Waals surface area contributed by atoms with Crippen LogP contribution in [0.4, 0.5) is 0 Å². The third kappa shape index (κ3) is 2.64. The minimum atomic E-state index is 0.398. The maximum absolute atomic E-state index is 5.89. The number of methoxy groups -OCH3 is 1. The van der Waals surface area contributed by atoms with Crippen molar-refractivity contribution in [1.29, 1.82) is 0 Å². The number of nitrogens with two attached hydrogens (primary N) is 1. The Morgan fingerprint density at radius 1 is 1.25 bits per heavy atom. The Morgan fingerprint density at radius 3 is 2.62 bits per heavy atom. The third-order valence-electron chi connectivity index (χ3n) is 3.17. The van der Waals surface area contributed by atoms with Crippen LogP contribution in [0.1, 0.15) is 31.2 Å². The first-order valence-corrected chi connectivity index (χ1v) is 5.87. The van der Waals surface area contributed by atoms with E-state index < -0.39 is 0 Å². The summed E-state index contributed by atoms with van der Waals surface area (Å²) in [5.74, 6) is 0.949. The molecular weight excluding hydrogens is 198 g/mol. The molecule has 1 aromatic rings. The van der Waals surface area contributed by atoms with Crippen molar-refractivity contribution >= 4 is 6.08 Å². The van der Waals surface area contributed by atoms with E-state index in [0.717, 1.165) is 31.4 Å². The molecule has 0 atom stereocenters. The Morgan fingerprint density at radius 2 is 1.94 bits per heavy atom. The molecule has 0 saturated heterocycles. The van der Waals surface area contributed by atoms with Crippen LogP contribution in [0.3, 0.4) is 0 Å². The van der Waals surface area contributed by atoms with E-state index in [4.69, 9.17) is 10.5 Å².